The summed E-state index contributed by atoms with van der Waals surface area (Å²) in [6.45, 7) is 0. The van der Waals surface area contributed by atoms with Crippen LogP contribution in [0.4, 0.5) is 32.4 Å². The summed E-state index contributed by atoms with van der Waals surface area (Å²) in [6.07, 6.45) is -9.42. The van der Waals surface area contributed by atoms with Crippen molar-refractivity contribution in [1.29, 1.82) is 0 Å². The molecule has 2 aromatic carbocycles. The second-order valence-electron chi connectivity index (χ2n) is 5.98. The molecule has 0 spiro atoms. The molecule has 0 saturated carbocycles. The second-order valence-corrected chi connectivity index (χ2v) is 7.55. The SMILES string of the molecule is NNC(=O)c1ccc(Cl)c(C(F)(F)F)c1Cl.Nc1nnc(-c2ccc(Cl)c(C(F)(F)F)c2Cl)o1. The van der Waals surface area contributed by atoms with Crippen molar-refractivity contribution in [3.8, 4) is 11.5 Å². The van der Waals surface area contributed by atoms with E-state index in [1.165, 1.54) is 6.07 Å². The summed E-state index contributed by atoms with van der Waals surface area (Å²) in [5, 5.41) is 4.32. The molecule has 0 aliphatic carbocycles. The van der Waals surface area contributed by atoms with E-state index in [-0.39, 0.29) is 23.0 Å². The first-order chi connectivity index (χ1) is 15.6. The van der Waals surface area contributed by atoms with Gasteiger partial charge >= 0.3 is 18.4 Å². The van der Waals surface area contributed by atoms with Crippen LogP contribution in [0.1, 0.15) is 21.5 Å². The Morgan fingerprint density at radius 3 is 1.79 bits per heavy atom. The first-order valence-corrected chi connectivity index (χ1v) is 9.81. The van der Waals surface area contributed by atoms with Crippen LogP contribution < -0.4 is 17.0 Å². The zero-order chi connectivity index (χ0) is 26.0. The van der Waals surface area contributed by atoms with E-state index in [0.29, 0.717) is 0 Å². The smallest absolute Gasteiger partial charge is 0.404 e. The standard InChI is InChI=1S/C9H4Cl2F3N3O.C8H5Cl2F3N2O/c10-4-2-1-3(7-16-17-8(15)18-7)6(11)5(4)9(12,13)14;9-4-2-1-3(7(16)15-14)6(10)5(4)8(11,12)13/h1-2H,(H2,15,17);1-2H,14H2,(H,15,16). The molecule has 7 nitrogen and oxygen atoms in total. The Labute approximate surface area is 205 Å². The molecule has 0 atom stereocenters. The van der Waals surface area contributed by atoms with E-state index >= 15 is 0 Å². The number of alkyl halides is 6. The molecule has 1 heterocycles. The van der Waals surface area contributed by atoms with Crippen LogP contribution in [0.15, 0.2) is 28.7 Å². The van der Waals surface area contributed by atoms with Crippen LogP contribution in [-0.2, 0) is 12.4 Å². The zero-order valence-electron chi connectivity index (χ0n) is 16.0. The summed E-state index contributed by atoms with van der Waals surface area (Å²) >= 11 is 22.0. The Morgan fingerprint density at radius 2 is 1.35 bits per heavy atom. The number of carbonyl (C=O) groups is 1. The maximum atomic E-state index is 12.8. The summed E-state index contributed by atoms with van der Waals surface area (Å²) in [7, 11) is 0. The molecule has 0 radical (unpaired) electrons. The molecule has 17 heteroatoms. The zero-order valence-corrected chi connectivity index (χ0v) is 19.0. The van der Waals surface area contributed by atoms with E-state index < -0.39 is 49.5 Å². The van der Waals surface area contributed by atoms with Crippen molar-refractivity contribution in [2.24, 2.45) is 5.84 Å². The van der Waals surface area contributed by atoms with Crippen LogP contribution in [0.25, 0.3) is 11.5 Å². The number of nitrogens with one attached hydrogen (secondary N) is 1. The highest BCUT2D eigenvalue weighted by molar-refractivity contribution is 6.38. The minimum absolute atomic E-state index is 0.0856. The third kappa shape index (κ3) is 6.16. The third-order valence-corrected chi connectivity index (χ3v) is 5.21. The maximum absolute atomic E-state index is 12.8. The lowest BCUT2D eigenvalue weighted by Crippen LogP contribution is -2.30. The van der Waals surface area contributed by atoms with Crippen molar-refractivity contribution in [1.82, 2.24) is 15.6 Å². The number of nitrogen functional groups attached to an aromatic ring is 2. The maximum Gasteiger partial charge on any atom is 0.419 e. The van der Waals surface area contributed by atoms with Gasteiger partial charge in [-0.1, -0.05) is 51.5 Å². The molecular formula is C17H9Cl4F6N5O2. The molecule has 184 valence electrons. The Hall–Kier alpha value is -2.45. The van der Waals surface area contributed by atoms with Crippen molar-refractivity contribution < 1.29 is 35.6 Å². The van der Waals surface area contributed by atoms with E-state index in [4.69, 9.17) is 62.4 Å². The van der Waals surface area contributed by atoms with E-state index in [0.717, 1.165) is 18.2 Å². The van der Waals surface area contributed by atoms with Crippen LogP contribution in [0.2, 0.25) is 20.1 Å². The van der Waals surface area contributed by atoms with Gasteiger partial charge in [0.1, 0.15) is 0 Å². The van der Waals surface area contributed by atoms with Gasteiger partial charge in [0.2, 0.25) is 0 Å². The Bertz CT molecular complexity index is 1220. The molecule has 0 bridgehead atoms. The van der Waals surface area contributed by atoms with Crippen molar-refractivity contribution in [2.75, 3.05) is 5.73 Å². The average Bonchev–Trinajstić information content (AvgIpc) is 3.12. The van der Waals surface area contributed by atoms with E-state index in [9.17, 15) is 31.1 Å². The highest BCUT2D eigenvalue weighted by Crippen LogP contribution is 2.44. The average molecular weight is 571 g/mol. The summed E-state index contributed by atoms with van der Waals surface area (Å²) < 4.78 is 80.6. The summed E-state index contributed by atoms with van der Waals surface area (Å²) in [5.74, 6) is 3.67. The molecule has 3 rings (SSSR count). The van der Waals surface area contributed by atoms with Gasteiger partial charge in [0.25, 0.3) is 11.8 Å². The number of benzene rings is 2. The van der Waals surface area contributed by atoms with Crippen molar-refractivity contribution in [3.05, 3.63) is 61.0 Å². The molecule has 0 unspecified atom stereocenters. The van der Waals surface area contributed by atoms with Gasteiger partial charge in [-0.2, -0.15) is 26.3 Å². The quantitative estimate of drug-likeness (QED) is 0.145. The molecule has 0 fully saturated rings. The first-order valence-electron chi connectivity index (χ1n) is 8.30. The predicted octanol–water partition coefficient (Wildman–Crippen LogP) is 6.26. The predicted molar refractivity (Wildman–Crippen MR) is 112 cm³/mol. The van der Waals surface area contributed by atoms with Crippen molar-refractivity contribution in [3.63, 3.8) is 0 Å². The topological polar surface area (TPSA) is 120 Å². The number of aromatic nitrogens is 2. The van der Waals surface area contributed by atoms with E-state index in [1.807, 2.05) is 0 Å². The van der Waals surface area contributed by atoms with Crippen LogP contribution in [-0.4, -0.2) is 16.1 Å². The first kappa shape index (κ1) is 27.8. The lowest BCUT2D eigenvalue weighted by molar-refractivity contribution is -0.138. The number of hydrogen-bond acceptors (Lipinski definition) is 6. The fourth-order valence-electron chi connectivity index (χ4n) is 2.39. The van der Waals surface area contributed by atoms with Crippen LogP contribution in [0.3, 0.4) is 0 Å². The number of nitrogens with zero attached hydrogens (tertiary/aromatic N) is 2. The molecule has 5 N–H and O–H groups in total. The monoisotopic (exact) mass is 569 g/mol. The molecule has 34 heavy (non-hydrogen) atoms. The van der Waals surface area contributed by atoms with Crippen LogP contribution in [0.5, 0.6) is 0 Å². The second kappa shape index (κ2) is 10.4. The summed E-state index contributed by atoms with van der Waals surface area (Å²) in [6, 6.07) is 4.01. The van der Waals surface area contributed by atoms with Crippen LogP contribution in [0, 0.1) is 0 Å². The number of carbonyl (C=O) groups excluding carboxylic acids is 1. The fraction of sp³-hybridized carbons (Fsp3) is 0.118. The van der Waals surface area contributed by atoms with Gasteiger partial charge in [-0.05, 0) is 24.3 Å². The van der Waals surface area contributed by atoms with Gasteiger partial charge in [-0.15, -0.1) is 5.10 Å². The molecule has 1 aromatic heterocycles. The minimum atomic E-state index is -4.74. The Kier molecular flexibility index (Phi) is 8.53. The number of rotatable bonds is 2. The van der Waals surface area contributed by atoms with Gasteiger partial charge < -0.3 is 10.2 Å². The summed E-state index contributed by atoms with van der Waals surface area (Å²) in [5.41, 5.74) is 4.00. The van der Waals surface area contributed by atoms with Crippen molar-refractivity contribution in [2.45, 2.75) is 12.4 Å². The van der Waals surface area contributed by atoms with E-state index in [2.05, 4.69) is 10.2 Å². The normalized spacial score (nSPS) is 11.6. The van der Waals surface area contributed by atoms with Gasteiger partial charge in [0.05, 0.1) is 42.3 Å². The lowest BCUT2D eigenvalue weighted by Gasteiger charge is -2.13. The number of hydrogen-bond donors (Lipinski definition) is 3. The molecule has 3 aromatic rings. The van der Waals surface area contributed by atoms with Crippen molar-refractivity contribution >= 4 is 58.3 Å². The molecule has 1 amide bonds. The fourth-order valence-corrected chi connectivity index (χ4v) is 3.72. The number of anilines is 1. The van der Waals surface area contributed by atoms with Gasteiger partial charge in [0, 0.05) is 0 Å². The third-order valence-electron chi connectivity index (χ3n) is 3.80. The van der Waals surface area contributed by atoms with E-state index in [1.54, 1.807) is 5.43 Å². The highest BCUT2D eigenvalue weighted by atomic mass is 35.5. The number of amides is 1. The molecular weight excluding hydrogens is 562 g/mol. The highest BCUT2D eigenvalue weighted by Gasteiger charge is 2.38. The summed E-state index contributed by atoms with van der Waals surface area (Å²) in [4.78, 5) is 11.1. The number of hydrazine groups is 1. The molecule has 0 aliphatic rings. The van der Waals surface area contributed by atoms with Gasteiger partial charge in [-0.25, -0.2) is 5.84 Å². The number of nitrogens with two attached hydrogens (primary N) is 2. The lowest BCUT2D eigenvalue weighted by atomic mass is 10.1. The Balaban J connectivity index is 0.000000242. The van der Waals surface area contributed by atoms with Gasteiger partial charge in [-0.3, -0.25) is 10.2 Å². The van der Waals surface area contributed by atoms with Gasteiger partial charge in [0.15, 0.2) is 0 Å². The molecule has 0 aliphatic heterocycles. The Morgan fingerprint density at radius 1 is 0.853 bits per heavy atom. The number of halogens is 10. The molecule has 0 saturated heterocycles. The minimum Gasteiger partial charge on any atom is -0.404 e. The largest absolute Gasteiger partial charge is 0.419 e. The van der Waals surface area contributed by atoms with Crippen LogP contribution >= 0.6 is 46.4 Å².